The van der Waals surface area contributed by atoms with Crippen LogP contribution in [0.15, 0.2) is 72.8 Å². The topological polar surface area (TPSA) is 354 Å². The Morgan fingerprint density at radius 3 is 0.669 bits per heavy atom. The highest BCUT2D eigenvalue weighted by Crippen LogP contribution is 2.44. The molecule has 32 nitrogen and oxygen atoms in total. The van der Waals surface area contributed by atoms with Gasteiger partial charge in [0.1, 0.15) is 13.5 Å². The number of ether oxygens (including phenoxy) is 22. The first kappa shape index (κ1) is 106. The molecule has 18 unspecified atom stereocenters. The van der Waals surface area contributed by atoms with Crippen molar-refractivity contribution in [2.24, 2.45) is 0 Å². The number of ketones is 4. The molecule has 0 saturated heterocycles. The number of amides is 2. The van der Waals surface area contributed by atoms with E-state index in [2.05, 4.69) is 21.3 Å². The van der Waals surface area contributed by atoms with Crippen LogP contribution in [-0.2, 0) is 104 Å². The molecular weight excluding hydrogens is 1610 g/mol. The lowest BCUT2D eigenvalue weighted by Gasteiger charge is -2.26. The van der Waals surface area contributed by atoms with E-state index in [0.717, 1.165) is 0 Å². The zero-order valence-electron chi connectivity index (χ0n) is 76.7. The number of hydrogen-bond donors (Lipinski definition) is 4. The largest absolute Gasteiger partial charge is 0.433 e. The molecule has 0 fully saturated rings. The van der Waals surface area contributed by atoms with Gasteiger partial charge in [-0.25, -0.2) is 9.59 Å². The predicted molar refractivity (Wildman–Crippen MR) is 466 cm³/mol. The summed E-state index contributed by atoms with van der Waals surface area (Å²) < 4.78 is 128. The number of methoxy groups -OCH3 is 2. The molecule has 0 spiro atoms. The lowest BCUT2D eigenvalue weighted by Crippen LogP contribution is -2.36. The monoisotopic (exact) mass is 1750 g/mol. The highest BCUT2D eigenvalue weighted by Gasteiger charge is 2.40. The van der Waals surface area contributed by atoms with Gasteiger partial charge in [-0.05, 0) is 148 Å². The van der Waals surface area contributed by atoms with Crippen molar-refractivity contribution in [3.05, 3.63) is 117 Å². The third kappa shape index (κ3) is 38.6. The van der Waals surface area contributed by atoms with E-state index in [0.29, 0.717) is 119 Å². The van der Waals surface area contributed by atoms with E-state index < -0.39 is 35.3 Å². The van der Waals surface area contributed by atoms with Gasteiger partial charge in [0.15, 0.2) is 23.1 Å². The molecule has 4 N–H and O–H groups in total. The Bertz CT molecular complexity index is 3560. The molecule has 4 aromatic carbocycles. The molecule has 0 radical (unpaired) electrons. The average Bonchev–Trinajstić information content (AvgIpc) is 0.719. The van der Waals surface area contributed by atoms with Crippen molar-refractivity contribution in [1.82, 2.24) is 10.6 Å². The highest BCUT2D eigenvalue weighted by atomic mass is 16.6. The minimum Gasteiger partial charge on any atom is -0.433 e. The number of carbonyl (C=O) groups excluding carboxylic acids is 6. The Morgan fingerprint density at radius 2 is 0.452 bits per heavy atom. The minimum atomic E-state index is -0.944. The summed E-state index contributed by atoms with van der Waals surface area (Å²) in [5.74, 6) is -2.33. The Kier molecular flexibility index (Phi) is 49.5. The third-order valence-electron chi connectivity index (χ3n) is 19.6. The zero-order chi connectivity index (χ0) is 90.6. The summed E-state index contributed by atoms with van der Waals surface area (Å²) in [4.78, 5) is 86.5. The minimum absolute atomic E-state index is 0.0433. The fraction of sp³-hybridized carbons (Fsp3) is 0.674. The summed E-state index contributed by atoms with van der Waals surface area (Å²) in [5.41, 5.74) is -0.0852. The van der Waals surface area contributed by atoms with E-state index >= 15 is 0 Å². The van der Waals surface area contributed by atoms with Crippen molar-refractivity contribution < 1.29 is 133 Å². The van der Waals surface area contributed by atoms with Crippen LogP contribution in [0.1, 0.15) is 188 Å². The highest BCUT2D eigenvalue weighted by molar-refractivity contribution is 6.35. The molecule has 6 rings (SSSR count). The van der Waals surface area contributed by atoms with E-state index in [-0.39, 0.29) is 217 Å². The van der Waals surface area contributed by atoms with Crippen LogP contribution in [-0.4, -0.2) is 318 Å². The molecule has 0 aromatic heterocycles. The summed E-state index contributed by atoms with van der Waals surface area (Å²) in [6.45, 7) is 43.1. The lowest BCUT2D eigenvalue weighted by atomic mass is 9.75. The summed E-state index contributed by atoms with van der Waals surface area (Å²) >= 11 is 0. The number of hydrogen-bond acceptors (Lipinski definition) is 30. The summed E-state index contributed by atoms with van der Waals surface area (Å²) in [6.07, 6.45) is -4.57. The van der Waals surface area contributed by atoms with Crippen molar-refractivity contribution >= 4 is 46.7 Å². The number of anilines is 2. The molecule has 0 saturated carbocycles. The molecule has 0 bridgehead atoms. The van der Waals surface area contributed by atoms with Gasteiger partial charge in [-0.15, -0.1) is 0 Å². The molecule has 18 atom stereocenters. The molecule has 4 aromatic rings. The number of rotatable bonds is 67. The number of carbonyl (C=O) groups is 6. The summed E-state index contributed by atoms with van der Waals surface area (Å²) in [5, 5.41) is 11.5. The predicted octanol–water partition coefficient (Wildman–Crippen LogP) is 11.7. The van der Waals surface area contributed by atoms with Crippen LogP contribution in [0.5, 0.6) is 0 Å². The Morgan fingerprint density at radius 1 is 0.250 bits per heavy atom. The second kappa shape index (κ2) is 57.9. The van der Waals surface area contributed by atoms with Crippen LogP contribution in [0.4, 0.5) is 21.0 Å². The van der Waals surface area contributed by atoms with Crippen LogP contribution in [0, 0.1) is 0 Å². The molecule has 698 valence electrons. The smallest absolute Gasteiger partial charge is 0.412 e. The van der Waals surface area contributed by atoms with Gasteiger partial charge in [0.2, 0.25) is 0 Å². The van der Waals surface area contributed by atoms with Crippen molar-refractivity contribution in [1.29, 1.82) is 0 Å². The molecular formula is C92H142N4O28. The first-order valence-corrected chi connectivity index (χ1v) is 43.4. The van der Waals surface area contributed by atoms with Gasteiger partial charge in [0.05, 0.1) is 266 Å². The Labute approximate surface area is 733 Å². The quantitative estimate of drug-likeness (QED) is 0.0203. The molecule has 32 heteroatoms. The zero-order valence-corrected chi connectivity index (χ0v) is 76.7. The lowest BCUT2D eigenvalue weighted by molar-refractivity contribution is -0.110. The number of nitrogens with one attached hydrogen (secondary N) is 4. The van der Waals surface area contributed by atoms with Crippen molar-refractivity contribution in [3.8, 4) is 11.1 Å². The Hall–Kier alpha value is -6.78. The van der Waals surface area contributed by atoms with Gasteiger partial charge in [0, 0.05) is 59.7 Å². The van der Waals surface area contributed by atoms with Gasteiger partial charge in [-0.3, -0.25) is 40.4 Å². The van der Waals surface area contributed by atoms with Crippen molar-refractivity contribution in [2.75, 3.05) is 184 Å². The van der Waals surface area contributed by atoms with Gasteiger partial charge in [-0.2, -0.15) is 0 Å². The van der Waals surface area contributed by atoms with E-state index in [1.807, 2.05) is 125 Å². The normalized spacial score (nSPS) is 17.1. The average molecular weight is 1750 g/mol. The number of benzene rings is 4. The summed E-state index contributed by atoms with van der Waals surface area (Å²) in [7, 11) is 3.28. The van der Waals surface area contributed by atoms with Crippen LogP contribution < -0.4 is 21.3 Å². The molecule has 2 amide bonds. The van der Waals surface area contributed by atoms with Crippen LogP contribution >= 0.6 is 0 Å². The van der Waals surface area contributed by atoms with E-state index in [4.69, 9.17) is 104 Å². The van der Waals surface area contributed by atoms with Crippen molar-refractivity contribution in [3.63, 3.8) is 0 Å². The van der Waals surface area contributed by atoms with Gasteiger partial charge in [-0.1, -0.05) is 60.7 Å². The SMILES string of the molecule is COCCOCC(C)OCC(C)OCC(C)OCC(C)OCC(C)OCC(C)OCC(C)OCC(C)OCC(C)NCOC(=O)Nc1ccc(-c2ccc(NC(=O)OCNC(C)COC(C)COC(C)COC(C)COC(C)COC(C)COC(C)COC(C)COC(C)COCCOC)c3c2C(=O)c2ccccc2C3=O)c2c1C(=O)c1ccccc1C2=O. The van der Waals surface area contributed by atoms with E-state index in [1.165, 1.54) is 48.5 Å². The summed E-state index contributed by atoms with van der Waals surface area (Å²) in [6, 6.07) is 17.8. The fourth-order valence-electron chi connectivity index (χ4n) is 12.4. The molecule has 2 aliphatic rings. The first-order chi connectivity index (χ1) is 59.3. The second-order valence-corrected chi connectivity index (χ2v) is 32.3. The van der Waals surface area contributed by atoms with E-state index in [1.54, 1.807) is 38.5 Å². The molecule has 124 heavy (non-hydrogen) atoms. The second-order valence-electron chi connectivity index (χ2n) is 32.3. The third-order valence-corrected chi connectivity index (χ3v) is 19.6. The van der Waals surface area contributed by atoms with Gasteiger partial charge in [0.25, 0.3) is 0 Å². The van der Waals surface area contributed by atoms with Crippen molar-refractivity contribution in [2.45, 2.75) is 234 Å². The maximum absolute atomic E-state index is 14.9. The van der Waals surface area contributed by atoms with Crippen LogP contribution in [0.2, 0.25) is 0 Å². The van der Waals surface area contributed by atoms with Gasteiger partial charge >= 0.3 is 12.2 Å². The maximum atomic E-state index is 14.9. The molecule has 2 aliphatic carbocycles. The van der Waals surface area contributed by atoms with Crippen LogP contribution in [0.3, 0.4) is 0 Å². The van der Waals surface area contributed by atoms with Crippen LogP contribution in [0.25, 0.3) is 11.1 Å². The standard InChI is InChI=1S/C92H142N4O28/c1-57(37-107-61(5)41-111-65(9)45-115-69(13)49-119-73(17)53-121-71(15)51-117-67(11)47-113-63(7)43-109-59(3)39-105-35-33-103-19)93-55-123-91(101)95-81-31-29-75(83-85(81)89(99)79-27-23-21-25-77(79)87(83)97)76-30-32-82(86-84(76)88(98)78-26-22-24-28-80(78)90(86)100)96-92(102)124-56-94-58(2)38-108-62(6)42-112-66(10)46-116-70(14)50-120-74(18)54-122-72(16)52-118-68(12)48-114-64(8)44-110-60(4)40-106-36-34-104-20/h21-32,57-74,93-94H,33-56H2,1-20H3,(H,95,101)(H,96,102). The Balaban J connectivity index is 0.896. The van der Waals surface area contributed by atoms with Gasteiger partial charge < -0.3 is 104 Å². The maximum Gasteiger partial charge on any atom is 0.412 e. The molecule has 0 aliphatic heterocycles. The molecule has 0 heterocycles. The van der Waals surface area contributed by atoms with E-state index in [9.17, 15) is 28.8 Å². The number of fused-ring (bicyclic) bond motifs is 4. The fourth-order valence-corrected chi connectivity index (χ4v) is 12.4. The first-order valence-electron chi connectivity index (χ1n) is 43.4.